The highest BCUT2D eigenvalue weighted by atomic mass is 16.6. The van der Waals surface area contributed by atoms with Crippen LogP contribution in [0.1, 0.15) is 17.2 Å². The summed E-state index contributed by atoms with van der Waals surface area (Å²) in [6.45, 7) is 0. The zero-order chi connectivity index (χ0) is 17.0. The van der Waals surface area contributed by atoms with Crippen LogP contribution in [0.3, 0.4) is 0 Å². The Morgan fingerprint density at radius 3 is 2.09 bits per heavy atom. The van der Waals surface area contributed by atoms with E-state index in [4.69, 9.17) is 14.2 Å². The summed E-state index contributed by atoms with van der Waals surface area (Å²) in [6, 6.07) is 9.03. The van der Waals surface area contributed by atoms with Gasteiger partial charge in [0.2, 0.25) is 5.75 Å². The molecule has 1 N–H and O–H groups in total. The summed E-state index contributed by atoms with van der Waals surface area (Å²) in [5.74, 6) is 1.20. The van der Waals surface area contributed by atoms with E-state index in [-0.39, 0.29) is 5.69 Å². The Morgan fingerprint density at radius 1 is 1.00 bits per heavy atom. The number of aliphatic hydroxyl groups is 1. The summed E-state index contributed by atoms with van der Waals surface area (Å²) in [4.78, 5) is 10.4. The first-order valence-electron chi connectivity index (χ1n) is 6.74. The summed E-state index contributed by atoms with van der Waals surface area (Å²) < 4.78 is 15.7. The van der Waals surface area contributed by atoms with E-state index in [1.54, 1.807) is 18.2 Å². The molecule has 0 aromatic heterocycles. The molecule has 23 heavy (non-hydrogen) atoms. The normalized spacial score (nSPS) is 11.7. The van der Waals surface area contributed by atoms with Crippen molar-refractivity contribution in [2.24, 2.45) is 0 Å². The molecule has 7 heteroatoms. The van der Waals surface area contributed by atoms with Gasteiger partial charge in [0.15, 0.2) is 11.5 Å². The molecule has 122 valence electrons. The Labute approximate surface area is 133 Å². The van der Waals surface area contributed by atoms with Crippen LogP contribution in [0.5, 0.6) is 17.2 Å². The van der Waals surface area contributed by atoms with Gasteiger partial charge in [0, 0.05) is 12.1 Å². The fourth-order valence-corrected chi connectivity index (χ4v) is 2.26. The van der Waals surface area contributed by atoms with Crippen molar-refractivity contribution < 1.29 is 24.2 Å². The highest BCUT2D eigenvalue weighted by Crippen LogP contribution is 2.40. The molecule has 0 saturated heterocycles. The molecule has 0 heterocycles. The quantitative estimate of drug-likeness (QED) is 0.650. The molecule has 1 atom stereocenters. The maximum absolute atomic E-state index is 10.9. The molecule has 0 spiro atoms. The predicted molar refractivity (Wildman–Crippen MR) is 83.3 cm³/mol. The monoisotopic (exact) mass is 319 g/mol. The van der Waals surface area contributed by atoms with Crippen molar-refractivity contribution in [3.63, 3.8) is 0 Å². The van der Waals surface area contributed by atoms with Crippen molar-refractivity contribution in [2.75, 3.05) is 21.3 Å². The number of nitrogens with zero attached hydrogens (tertiary/aromatic N) is 1. The lowest BCUT2D eigenvalue weighted by Crippen LogP contribution is -2.03. The highest BCUT2D eigenvalue weighted by molar-refractivity contribution is 5.55. The van der Waals surface area contributed by atoms with Crippen LogP contribution in [0.2, 0.25) is 0 Å². The fraction of sp³-hybridized carbons (Fsp3) is 0.250. The Kier molecular flexibility index (Phi) is 5.02. The van der Waals surface area contributed by atoms with E-state index in [1.807, 2.05) is 0 Å². The molecule has 1 unspecified atom stereocenters. The average molecular weight is 319 g/mol. The Bertz CT molecular complexity index is 690. The largest absolute Gasteiger partial charge is 0.493 e. The van der Waals surface area contributed by atoms with Crippen molar-refractivity contribution in [1.82, 2.24) is 0 Å². The van der Waals surface area contributed by atoms with Crippen molar-refractivity contribution in [2.45, 2.75) is 6.10 Å². The molecular weight excluding hydrogens is 302 g/mol. The van der Waals surface area contributed by atoms with E-state index < -0.39 is 11.0 Å². The fourth-order valence-electron chi connectivity index (χ4n) is 2.26. The first kappa shape index (κ1) is 16.6. The van der Waals surface area contributed by atoms with Crippen LogP contribution in [0.15, 0.2) is 36.4 Å². The lowest BCUT2D eigenvalue weighted by Gasteiger charge is -2.17. The maximum Gasteiger partial charge on any atom is 0.269 e. The minimum atomic E-state index is -1.07. The molecule has 0 saturated carbocycles. The summed E-state index contributed by atoms with van der Waals surface area (Å²) in [5, 5.41) is 21.4. The first-order valence-corrected chi connectivity index (χ1v) is 6.74. The smallest absolute Gasteiger partial charge is 0.269 e. The predicted octanol–water partition coefficient (Wildman–Crippen LogP) is 2.70. The number of benzene rings is 2. The summed E-state index contributed by atoms with van der Waals surface area (Å²) >= 11 is 0. The number of hydrogen-bond donors (Lipinski definition) is 1. The van der Waals surface area contributed by atoms with Gasteiger partial charge in [0.05, 0.1) is 26.3 Å². The number of nitro groups is 1. The van der Waals surface area contributed by atoms with Crippen LogP contribution in [0.4, 0.5) is 5.69 Å². The minimum Gasteiger partial charge on any atom is -0.493 e. The first-order chi connectivity index (χ1) is 11.0. The van der Waals surface area contributed by atoms with Gasteiger partial charge in [0.1, 0.15) is 6.10 Å². The molecular formula is C16H17NO6. The van der Waals surface area contributed by atoms with Crippen LogP contribution in [0, 0.1) is 10.1 Å². The van der Waals surface area contributed by atoms with E-state index in [0.717, 1.165) is 0 Å². The third-order valence-corrected chi connectivity index (χ3v) is 3.40. The number of hydrogen-bond acceptors (Lipinski definition) is 6. The van der Waals surface area contributed by atoms with E-state index in [2.05, 4.69) is 0 Å². The van der Waals surface area contributed by atoms with Crippen molar-refractivity contribution in [1.29, 1.82) is 0 Å². The maximum atomic E-state index is 10.9. The lowest BCUT2D eigenvalue weighted by molar-refractivity contribution is -0.385. The number of ether oxygens (including phenoxy) is 3. The van der Waals surface area contributed by atoms with Gasteiger partial charge in [-0.25, -0.2) is 0 Å². The molecule has 0 aliphatic heterocycles. The van der Waals surface area contributed by atoms with Crippen LogP contribution in [-0.2, 0) is 0 Å². The number of nitro benzene ring substituents is 1. The van der Waals surface area contributed by atoms with Gasteiger partial charge in [-0.3, -0.25) is 10.1 Å². The Hall–Kier alpha value is -2.80. The SMILES string of the molecule is COc1cc(C(O)c2cccc([N+](=O)[O-])c2)cc(OC)c1OC. The number of aliphatic hydroxyl groups excluding tert-OH is 1. The molecule has 7 nitrogen and oxygen atoms in total. The molecule has 2 rings (SSSR count). The summed E-state index contributed by atoms with van der Waals surface area (Å²) in [7, 11) is 4.43. The van der Waals surface area contributed by atoms with Crippen molar-refractivity contribution in [3.05, 3.63) is 57.6 Å². The standard InChI is InChI=1S/C16H17NO6/c1-21-13-8-11(9-14(22-2)16(13)23-3)15(18)10-5-4-6-12(7-10)17(19)20/h4-9,15,18H,1-3H3. The Morgan fingerprint density at radius 2 is 1.61 bits per heavy atom. The van der Waals surface area contributed by atoms with Crippen molar-refractivity contribution in [3.8, 4) is 17.2 Å². The molecule has 2 aromatic rings. The molecule has 2 aromatic carbocycles. The summed E-state index contributed by atoms with van der Waals surface area (Å²) in [6.07, 6.45) is -1.07. The van der Waals surface area contributed by atoms with Gasteiger partial charge in [-0.15, -0.1) is 0 Å². The van der Waals surface area contributed by atoms with Gasteiger partial charge in [-0.2, -0.15) is 0 Å². The zero-order valence-corrected chi connectivity index (χ0v) is 13.0. The van der Waals surface area contributed by atoms with Crippen LogP contribution >= 0.6 is 0 Å². The topological polar surface area (TPSA) is 91.1 Å². The van der Waals surface area contributed by atoms with Crippen LogP contribution in [-0.4, -0.2) is 31.4 Å². The lowest BCUT2D eigenvalue weighted by atomic mass is 10.00. The number of rotatable bonds is 6. The van der Waals surface area contributed by atoms with Gasteiger partial charge >= 0.3 is 0 Å². The van der Waals surface area contributed by atoms with Gasteiger partial charge in [0.25, 0.3) is 5.69 Å². The second kappa shape index (κ2) is 6.97. The van der Waals surface area contributed by atoms with Gasteiger partial charge < -0.3 is 19.3 Å². The zero-order valence-electron chi connectivity index (χ0n) is 13.0. The second-order valence-corrected chi connectivity index (χ2v) is 4.71. The summed E-state index contributed by atoms with van der Waals surface area (Å²) in [5.41, 5.74) is 0.780. The molecule has 0 bridgehead atoms. The van der Waals surface area contributed by atoms with E-state index in [0.29, 0.717) is 28.4 Å². The van der Waals surface area contributed by atoms with Gasteiger partial charge in [-0.05, 0) is 23.3 Å². The second-order valence-electron chi connectivity index (χ2n) is 4.71. The molecule has 0 aliphatic rings. The van der Waals surface area contributed by atoms with Crippen LogP contribution in [0.25, 0.3) is 0 Å². The molecule has 0 aliphatic carbocycles. The Balaban J connectivity index is 2.48. The number of non-ortho nitro benzene ring substituents is 1. The molecule has 0 amide bonds. The highest BCUT2D eigenvalue weighted by Gasteiger charge is 2.19. The van der Waals surface area contributed by atoms with Crippen LogP contribution < -0.4 is 14.2 Å². The average Bonchev–Trinajstić information content (AvgIpc) is 2.59. The minimum absolute atomic E-state index is 0.0889. The molecule has 0 radical (unpaired) electrons. The third kappa shape index (κ3) is 3.35. The van der Waals surface area contributed by atoms with E-state index >= 15 is 0 Å². The van der Waals surface area contributed by atoms with E-state index in [1.165, 1.54) is 39.5 Å². The van der Waals surface area contributed by atoms with E-state index in [9.17, 15) is 15.2 Å². The van der Waals surface area contributed by atoms with Crippen molar-refractivity contribution >= 4 is 5.69 Å². The van der Waals surface area contributed by atoms with Gasteiger partial charge in [-0.1, -0.05) is 12.1 Å². The number of methoxy groups -OCH3 is 3. The third-order valence-electron chi connectivity index (χ3n) is 3.40. The molecule has 0 fully saturated rings.